The average Bonchev–Trinajstić information content (AvgIpc) is 2.43. The monoisotopic (exact) mass is 300 g/mol. The second kappa shape index (κ2) is 9.72. The fourth-order valence-electron chi connectivity index (χ4n) is 1.82. The highest BCUT2D eigenvalue weighted by Crippen LogP contribution is 2.09. The molecular weight excluding hydrogens is 276 g/mol. The summed E-state index contributed by atoms with van der Waals surface area (Å²) in [5.41, 5.74) is 0. The Hall–Kier alpha value is -1.14. The Bertz CT molecular complexity index is 387. The van der Waals surface area contributed by atoms with Gasteiger partial charge in [-0.1, -0.05) is 20.8 Å². The minimum Gasteiger partial charge on any atom is -0.354 e. The standard InChI is InChI=1S/C13H25ClN6/c1-4-7-15-12-17-11(14)18-13(19-12)16-8-10-20(6-3)9-5-2/h4-10H2,1-3H3,(H2,15,16,17,18,19). The molecule has 0 saturated heterocycles. The minimum absolute atomic E-state index is 0.210. The molecule has 0 bridgehead atoms. The van der Waals surface area contributed by atoms with Crippen molar-refractivity contribution in [3.8, 4) is 0 Å². The molecule has 0 saturated carbocycles. The van der Waals surface area contributed by atoms with Gasteiger partial charge in [-0.25, -0.2) is 0 Å². The lowest BCUT2D eigenvalue weighted by Crippen LogP contribution is -2.30. The smallest absolute Gasteiger partial charge is 0.228 e. The topological polar surface area (TPSA) is 66.0 Å². The molecule has 0 aliphatic carbocycles. The Kier molecular flexibility index (Phi) is 8.22. The van der Waals surface area contributed by atoms with Crippen LogP contribution in [0.4, 0.5) is 11.9 Å². The fourth-order valence-corrected chi connectivity index (χ4v) is 1.98. The van der Waals surface area contributed by atoms with Crippen LogP contribution in [0.2, 0.25) is 5.28 Å². The van der Waals surface area contributed by atoms with Crippen LogP contribution in [0.5, 0.6) is 0 Å². The molecule has 1 aromatic rings. The SMILES string of the molecule is CCCNc1nc(Cl)nc(NCCN(CC)CCC)n1. The summed E-state index contributed by atoms with van der Waals surface area (Å²) < 4.78 is 0. The zero-order valence-electron chi connectivity index (χ0n) is 12.6. The Morgan fingerprint density at radius 1 is 0.900 bits per heavy atom. The summed E-state index contributed by atoms with van der Waals surface area (Å²) in [7, 11) is 0. The third-order valence-electron chi connectivity index (χ3n) is 2.84. The van der Waals surface area contributed by atoms with Crippen molar-refractivity contribution in [3.05, 3.63) is 5.28 Å². The summed E-state index contributed by atoms with van der Waals surface area (Å²) in [6, 6.07) is 0. The van der Waals surface area contributed by atoms with Crippen LogP contribution in [0, 0.1) is 0 Å². The van der Waals surface area contributed by atoms with Gasteiger partial charge in [0.05, 0.1) is 0 Å². The van der Waals surface area contributed by atoms with Crippen LogP contribution in [0.3, 0.4) is 0 Å². The molecule has 114 valence electrons. The van der Waals surface area contributed by atoms with Gasteiger partial charge >= 0.3 is 0 Å². The summed E-state index contributed by atoms with van der Waals surface area (Å²) in [6.45, 7) is 11.2. The number of rotatable bonds is 10. The number of anilines is 2. The molecule has 0 fully saturated rings. The zero-order chi connectivity index (χ0) is 14.8. The lowest BCUT2D eigenvalue weighted by Gasteiger charge is -2.19. The number of hydrogen-bond acceptors (Lipinski definition) is 6. The van der Waals surface area contributed by atoms with Crippen molar-refractivity contribution in [2.75, 3.05) is 43.4 Å². The lowest BCUT2D eigenvalue weighted by molar-refractivity contribution is 0.300. The largest absolute Gasteiger partial charge is 0.354 e. The number of halogens is 1. The van der Waals surface area contributed by atoms with Gasteiger partial charge in [0.2, 0.25) is 17.2 Å². The third-order valence-corrected chi connectivity index (χ3v) is 3.01. The van der Waals surface area contributed by atoms with E-state index in [0.717, 1.165) is 45.6 Å². The van der Waals surface area contributed by atoms with Gasteiger partial charge in [0, 0.05) is 19.6 Å². The van der Waals surface area contributed by atoms with E-state index in [1.54, 1.807) is 0 Å². The molecule has 2 N–H and O–H groups in total. The van der Waals surface area contributed by atoms with Crippen molar-refractivity contribution in [1.82, 2.24) is 19.9 Å². The normalized spacial score (nSPS) is 10.8. The van der Waals surface area contributed by atoms with E-state index in [1.165, 1.54) is 0 Å². The second-order valence-electron chi connectivity index (χ2n) is 4.54. The zero-order valence-corrected chi connectivity index (χ0v) is 13.4. The van der Waals surface area contributed by atoms with E-state index in [0.29, 0.717) is 11.9 Å². The highest BCUT2D eigenvalue weighted by molar-refractivity contribution is 6.28. The van der Waals surface area contributed by atoms with Crippen molar-refractivity contribution in [2.24, 2.45) is 0 Å². The van der Waals surface area contributed by atoms with Gasteiger partial charge in [0.1, 0.15) is 0 Å². The van der Waals surface area contributed by atoms with Crippen molar-refractivity contribution in [1.29, 1.82) is 0 Å². The Morgan fingerprint density at radius 2 is 1.55 bits per heavy atom. The first-order chi connectivity index (χ1) is 9.69. The number of nitrogens with one attached hydrogen (secondary N) is 2. The minimum atomic E-state index is 0.210. The number of likely N-dealkylation sites (N-methyl/N-ethyl adjacent to an activating group) is 1. The molecule has 6 nitrogen and oxygen atoms in total. The predicted molar refractivity (Wildman–Crippen MR) is 84.5 cm³/mol. The van der Waals surface area contributed by atoms with E-state index in [-0.39, 0.29) is 5.28 Å². The first-order valence-electron chi connectivity index (χ1n) is 7.31. The van der Waals surface area contributed by atoms with Gasteiger partial charge in [0.25, 0.3) is 0 Å². The van der Waals surface area contributed by atoms with Crippen LogP contribution in [-0.4, -0.2) is 52.6 Å². The van der Waals surface area contributed by atoms with Gasteiger partial charge in [-0.2, -0.15) is 15.0 Å². The van der Waals surface area contributed by atoms with E-state index in [9.17, 15) is 0 Å². The molecule has 20 heavy (non-hydrogen) atoms. The molecule has 0 atom stereocenters. The molecule has 0 amide bonds. The van der Waals surface area contributed by atoms with E-state index in [4.69, 9.17) is 11.6 Å². The van der Waals surface area contributed by atoms with Crippen molar-refractivity contribution < 1.29 is 0 Å². The molecule has 1 aromatic heterocycles. The Morgan fingerprint density at radius 3 is 2.10 bits per heavy atom. The Labute approximate surface area is 126 Å². The number of nitrogens with zero attached hydrogens (tertiary/aromatic N) is 4. The van der Waals surface area contributed by atoms with E-state index < -0.39 is 0 Å². The maximum atomic E-state index is 5.89. The van der Waals surface area contributed by atoms with Crippen LogP contribution in [0.25, 0.3) is 0 Å². The first kappa shape index (κ1) is 16.9. The molecule has 1 rings (SSSR count). The van der Waals surface area contributed by atoms with Crippen LogP contribution in [-0.2, 0) is 0 Å². The highest BCUT2D eigenvalue weighted by Gasteiger charge is 2.05. The van der Waals surface area contributed by atoms with Crippen LogP contribution >= 0.6 is 11.6 Å². The van der Waals surface area contributed by atoms with Gasteiger partial charge < -0.3 is 15.5 Å². The molecule has 0 radical (unpaired) electrons. The van der Waals surface area contributed by atoms with E-state index in [2.05, 4.69) is 51.3 Å². The molecular formula is C13H25ClN6. The molecule has 0 aliphatic rings. The van der Waals surface area contributed by atoms with Gasteiger partial charge in [-0.15, -0.1) is 0 Å². The summed E-state index contributed by atoms with van der Waals surface area (Å²) in [5, 5.41) is 6.52. The molecule has 7 heteroatoms. The van der Waals surface area contributed by atoms with Crippen molar-refractivity contribution in [3.63, 3.8) is 0 Å². The van der Waals surface area contributed by atoms with Crippen LogP contribution < -0.4 is 10.6 Å². The fraction of sp³-hybridized carbons (Fsp3) is 0.769. The summed E-state index contributed by atoms with van der Waals surface area (Å²) in [5.74, 6) is 1.05. The van der Waals surface area contributed by atoms with Gasteiger partial charge in [-0.3, -0.25) is 0 Å². The summed E-state index contributed by atoms with van der Waals surface area (Å²) >= 11 is 5.89. The number of aromatic nitrogens is 3. The number of hydrogen-bond donors (Lipinski definition) is 2. The molecule has 0 unspecified atom stereocenters. The molecule has 0 aromatic carbocycles. The highest BCUT2D eigenvalue weighted by atomic mass is 35.5. The molecule has 0 aliphatic heterocycles. The molecule has 1 heterocycles. The summed E-state index contributed by atoms with van der Waals surface area (Å²) in [4.78, 5) is 14.8. The maximum Gasteiger partial charge on any atom is 0.228 e. The van der Waals surface area contributed by atoms with E-state index in [1.807, 2.05) is 0 Å². The van der Waals surface area contributed by atoms with Crippen molar-refractivity contribution in [2.45, 2.75) is 33.6 Å². The molecule has 0 spiro atoms. The van der Waals surface area contributed by atoms with Gasteiger partial charge in [0.15, 0.2) is 0 Å². The van der Waals surface area contributed by atoms with Crippen molar-refractivity contribution >= 4 is 23.5 Å². The van der Waals surface area contributed by atoms with E-state index >= 15 is 0 Å². The average molecular weight is 301 g/mol. The Balaban J connectivity index is 2.48. The quantitative estimate of drug-likeness (QED) is 0.692. The second-order valence-corrected chi connectivity index (χ2v) is 4.88. The lowest BCUT2D eigenvalue weighted by atomic mass is 10.4. The van der Waals surface area contributed by atoms with Crippen LogP contribution in [0.15, 0.2) is 0 Å². The van der Waals surface area contributed by atoms with Crippen LogP contribution in [0.1, 0.15) is 33.6 Å². The maximum absolute atomic E-state index is 5.89. The third kappa shape index (κ3) is 6.34. The first-order valence-corrected chi connectivity index (χ1v) is 7.69. The predicted octanol–water partition coefficient (Wildman–Crippen LogP) is 2.49. The summed E-state index contributed by atoms with van der Waals surface area (Å²) in [6.07, 6.45) is 2.17. The van der Waals surface area contributed by atoms with Gasteiger partial charge in [-0.05, 0) is 37.5 Å².